The van der Waals surface area contributed by atoms with Gasteiger partial charge in [0.25, 0.3) is 0 Å². The van der Waals surface area contributed by atoms with E-state index in [9.17, 15) is 0 Å². The number of para-hydroxylation sites is 1. The normalized spacial score (nSPS) is 11.7. The molecule has 0 saturated carbocycles. The maximum absolute atomic E-state index is 6.18. The Morgan fingerprint density at radius 2 is 1.68 bits per heavy atom. The maximum atomic E-state index is 6.18. The third-order valence-electron chi connectivity index (χ3n) is 3.84. The third-order valence-corrected chi connectivity index (χ3v) is 5.07. The van der Waals surface area contributed by atoms with Gasteiger partial charge in [-0.25, -0.2) is 0 Å². The number of nitrogens with zero attached hydrogens (tertiary/aromatic N) is 2. The van der Waals surface area contributed by atoms with Gasteiger partial charge < -0.3 is 10.5 Å². The Morgan fingerprint density at radius 3 is 2.50 bits per heavy atom. The molecule has 0 radical (unpaired) electrons. The van der Waals surface area contributed by atoms with E-state index < -0.39 is 0 Å². The van der Waals surface area contributed by atoms with Gasteiger partial charge in [0.05, 0.1) is 6.21 Å². The van der Waals surface area contributed by atoms with Gasteiger partial charge in [0.15, 0.2) is 5.17 Å². The summed E-state index contributed by atoms with van der Waals surface area (Å²) in [5.74, 6) is 1.46. The molecule has 0 bridgehead atoms. The number of ether oxygens (including phenoxy) is 1. The van der Waals surface area contributed by atoms with Gasteiger partial charge in [-0.2, -0.15) is 5.10 Å². The molecule has 0 saturated heterocycles. The number of hydrogen-bond donors (Lipinski definition) is 1. The molecule has 4 nitrogen and oxygen atoms in total. The van der Waals surface area contributed by atoms with Crippen molar-refractivity contribution in [2.24, 2.45) is 15.9 Å². The van der Waals surface area contributed by atoms with Crippen molar-refractivity contribution < 1.29 is 4.74 Å². The van der Waals surface area contributed by atoms with E-state index in [4.69, 9.17) is 22.1 Å². The highest BCUT2D eigenvalue weighted by molar-refractivity contribution is 8.13. The Balaban J connectivity index is 1.60. The Hall–Kier alpha value is -2.76. The third kappa shape index (κ3) is 6.15. The minimum atomic E-state index is 0.378. The van der Waals surface area contributed by atoms with E-state index in [1.807, 2.05) is 66.7 Å². The van der Waals surface area contributed by atoms with Crippen molar-refractivity contribution >= 4 is 34.7 Å². The second-order valence-corrected chi connectivity index (χ2v) is 7.28. The summed E-state index contributed by atoms with van der Waals surface area (Å²) in [4.78, 5) is 0. The smallest absolute Gasteiger partial charge is 0.180 e. The number of hydrogen-bond acceptors (Lipinski definition) is 4. The van der Waals surface area contributed by atoms with E-state index in [2.05, 4.69) is 22.3 Å². The summed E-state index contributed by atoms with van der Waals surface area (Å²) >= 11 is 7.63. The van der Waals surface area contributed by atoms with Crippen LogP contribution in [0.5, 0.6) is 5.75 Å². The molecule has 6 heteroatoms. The maximum Gasteiger partial charge on any atom is 0.180 e. The summed E-state index contributed by atoms with van der Waals surface area (Å²) in [5, 5.41) is 9.25. The molecule has 0 aliphatic heterocycles. The van der Waals surface area contributed by atoms with Crippen LogP contribution in [0.25, 0.3) is 0 Å². The van der Waals surface area contributed by atoms with Crippen molar-refractivity contribution in [3.8, 4) is 5.75 Å². The molecule has 0 atom stereocenters. The lowest BCUT2D eigenvalue weighted by molar-refractivity contribution is 0.306. The van der Waals surface area contributed by atoms with E-state index in [0.29, 0.717) is 22.5 Å². The van der Waals surface area contributed by atoms with Crippen LogP contribution >= 0.6 is 23.4 Å². The van der Waals surface area contributed by atoms with Gasteiger partial charge in [-0.1, -0.05) is 84.0 Å². The number of halogens is 1. The van der Waals surface area contributed by atoms with Crippen LogP contribution in [-0.2, 0) is 12.4 Å². The average Bonchev–Trinajstić information content (AvgIpc) is 2.73. The predicted octanol–water partition coefficient (Wildman–Crippen LogP) is 5.50. The number of nitrogens with two attached hydrogens (primary N) is 1. The molecule has 28 heavy (non-hydrogen) atoms. The molecule has 0 heterocycles. The van der Waals surface area contributed by atoms with Crippen LogP contribution in [0.15, 0.2) is 89.1 Å². The largest absolute Gasteiger partial charge is 0.488 e. The lowest BCUT2D eigenvalue weighted by Gasteiger charge is -2.09. The Bertz CT molecular complexity index is 961. The zero-order valence-electron chi connectivity index (χ0n) is 15.2. The number of amidine groups is 1. The van der Waals surface area contributed by atoms with Crippen LogP contribution in [-0.4, -0.2) is 11.4 Å². The quantitative estimate of drug-likeness (QED) is 0.318. The highest BCUT2D eigenvalue weighted by Crippen LogP contribution is 2.21. The fraction of sp³-hybridized carbons (Fsp3) is 0.0909. The first-order valence-corrected chi connectivity index (χ1v) is 10.1. The summed E-state index contributed by atoms with van der Waals surface area (Å²) in [6.07, 6.45) is 1.64. The molecular formula is C22H20ClN3OS. The fourth-order valence-corrected chi connectivity index (χ4v) is 3.20. The lowest BCUT2D eigenvalue weighted by atomic mass is 10.2. The minimum Gasteiger partial charge on any atom is -0.488 e. The highest BCUT2D eigenvalue weighted by Gasteiger charge is 2.04. The van der Waals surface area contributed by atoms with Gasteiger partial charge >= 0.3 is 0 Å². The van der Waals surface area contributed by atoms with E-state index in [1.165, 1.54) is 17.3 Å². The number of thioether (sulfide) groups is 1. The van der Waals surface area contributed by atoms with Crippen molar-refractivity contribution in [1.29, 1.82) is 0 Å². The molecule has 3 aromatic rings. The van der Waals surface area contributed by atoms with Crippen molar-refractivity contribution in [2.45, 2.75) is 12.4 Å². The Morgan fingerprint density at radius 1 is 0.964 bits per heavy atom. The van der Waals surface area contributed by atoms with Crippen LogP contribution in [0.2, 0.25) is 5.02 Å². The van der Waals surface area contributed by atoms with Gasteiger partial charge in [-0.3, -0.25) is 0 Å². The van der Waals surface area contributed by atoms with Gasteiger partial charge in [0.1, 0.15) is 12.4 Å². The van der Waals surface area contributed by atoms with Gasteiger partial charge in [0, 0.05) is 21.9 Å². The first-order valence-electron chi connectivity index (χ1n) is 8.71. The molecule has 142 valence electrons. The number of rotatable bonds is 7. The lowest BCUT2D eigenvalue weighted by Crippen LogP contribution is -2.06. The molecule has 0 aliphatic carbocycles. The summed E-state index contributed by atoms with van der Waals surface area (Å²) in [5.41, 5.74) is 8.86. The molecule has 0 aliphatic rings. The summed E-state index contributed by atoms with van der Waals surface area (Å²) in [6.45, 7) is 0.378. The zero-order valence-corrected chi connectivity index (χ0v) is 16.7. The van der Waals surface area contributed by atoms with Crippen molar-refractivity contribution in [2.75, 3.05) is 0 Å². The van der Waals surface area contributed by atoms with Crippen LogP contribution in [0, 0.1) is 0 Å². The van der Waals surface area contributed by atoms with E-state index in [0.717, 1.165) is 16.9 Å². The second kappa shape index (κ2) is 10.5. The predicted molar refractivity (Wildman–Crippen MR) is 119 cm³/mol. The van der Waals surface area contributed by atoms with Crippen LogP contribution in [0.1, 0.15) is 16.7 Å². The first-order chi connectivity index (χ1) is 13.7. The Kier molecular flexibility index (Phi) is 7.53. The van der Waals surface area contributed by atoms with Gasteiger partial charge in [-0.15, -0.1) is 5.10 Å². The first kappa shape index (κ1) is 20.0. The molecule has 3 rings (SSSR count). The van der Waals surface area contributed by atoms with E-state index in [1.54, 1.807) is 6.21 Å². The summed E-state index contributed by atoms with van der Waals surface area (Å²) in [6, 6.07) is 25.3. The Labute approximate surface area is 174 Å². The summed E-state index contributed by atoms with van der Waals surface area (Å²) < 4.78 is 5.91. The van der Waals surface area contributed by atoms with E-state index in [-0.39, 0.29) is 0 Å². The molecule has 0 unspecified atom stereocenters. The molecule has 0 aromatic heterocycles. The van der Waals surface area contributed by atoms with Crippen molar-refractivity contribution in [3.05, 3.63) is 101 Å². The van der Waals surface area contributed by atoms with Crippen LogP contribution in [0.4, 0.5) is 0 Å². The highest BCUT2D eigenvalue weighted by atomic mass is 35.5. The SMILES string of the molecule is NC(=NN=Cc1ccccc1OCc1ccccc1Cl)SCc1ccccc1. The molecule has 2 N–H and O–H groups in total. The monoisotopic (exact) mass is 409 g/mol. The fourth-order valence-electron chi connectivity index (χ4n) is 2.40. The van der Waals surface area contributed by atoms with Crippen molar-refractivity contribution in [1.82, 2.24) is 0 Å². The molecule has 0 amide bonds. The van der Waals surface area contributed by atoms with E-state index >= 15 is 0 Å². The standard InChI is InChI=1S/C22H20ClN3OS/c23-20-12-6-4-11-19(20)15-27-21-13-7-5-10-18(21)14-25-26-22(24)28-16-17-8-2-1-3-9-17/h1-14H,15-16H2,(H2,24,26). The van der Waals surface area contributed by atoms with Crippen LogP contribution < -0.4 is 10.5 Å². The second-order valence-electron chi connectivity index (χ2n) is 5.87. The molecule has 0 spiro atoms. The molecule has 3 aromatic carbocycles. The number of benzene rings is 3. The molecule has 0 fully saturated rings. The van der Waals surface area contributed by atoms with Crippen molar-refractivity contribution in [3.63, 3.8) is 0 Å². The van der Waals surface area contributed by atoms with Crippen LogP contribution in [0.3, 0.4) is 0 Å². The summed E-state index contributed by atoms with van der Waals surface area (Å²) in [7, 11) is 0. The minimum absolute atomic E-state index is 0.378. The van der Waals surface area contributed by atoms with Gasteiger partial charge in [-0.05, 0) is 23.8 Å². The molecular weight excluding hydrogens is 390 g/mol. The topological polar surface area (TPSA) is 60.0 Å². The van der Waals surface area contributed by atoms with Gasteiger partial charge in [0.2, 0.25) is 0 Å². The average molecular weight is 410 g/mol. The zero-order chi connectivity index (χ0) is 19.6.